The lowest BCUT2D eigenvalue weighted by Gasteiger charge is -2.22. The normalized spacial score (nSPS) is 18.1. The van der Waals surface area contributed by atoms with Crippen LogP contribution in [-0.2, 0) is 22.6 Å². The Morgan fingerprint density at radius 2 is 2.18 bits per heavy atom. The lowest BCUT2D eigenvalue weighted by Crippen LogP contribution is -2.30. The average molecular weight is 386 g/mol. The van der Waals surface area contributed by atoms with E-state index in [1.807, 2.05) is 6.20 Å². The van der Waals surface area contributed by atoms with Crippen molar-refractivity contribution in [2.45, 2.75) is 32.5 Å². The van der Waals surface area contributed by atoms with E-state index in [2.05, 4.69) is 57.9 Å². The number of nitrogens with zero attached hydrogens (tertiary/aromatic N) is 3. The summed E-state index contributed by atoms with van der Waals surface area (Å²) in [7, 11) is 1.62. The third kappa shape index (κ3) is 6.07. The van der Waals surface area contributed by atoms with E-state index < -0.39 is 0 Å². The molecule has 28 heavy (non-hydrogen) atoms. The van der Waals surface area contributed by atoms with Crippen LogP contribution in [0.5, 0.6) is 0 Å². The monoisotopic (exact) mass is 385 g/mol. The smallest absolute Gasteiger partial charge is 0.241 e. The summed E-state index contributed by atoms with van der Waals surface area (Å²) in [6.07, 6.45) is 4.87. The summed E-state index contributed by atoms with van der Waals surface area (Å²) >= 11 is 0. The Morgan fingerprint density at radius 1 is 1.36 bits per heavy atom. The van der Waals surface area contributed by atoms with Crippen LogP contribution in [0.3, 0.4) is 0 Å². The molecule has 1 amide bonds. The molecular formula is C21H31N5O2. The summed E-state index contributed by atoms with van der Waals surface area (Å²) < 4.78 is 6.59. The first-order valence-electron chi connectivity index (χ1n) is 9.95. The van der Waals surface area contributed by atoms with Crippen molar-refractivity contribution in [1.82, 2.24) is 20.0 Å². The highest BCUT2D eigenvalue weighted by atomic mass is 16.5. The molecule has 1 aliphatic rings. The molecule has 0 spiro atoms. The van der Waals surface area contributed by atoms with Crippen LogP contribution in [0.4, 0.5) is 5.69 Å². The Kier molecular flexibility index (Phi) is 7.45. The van der Waals surface area contributed by atoms with Crippen LogP contribution in [0.2, 0.25) is 0 Å². The van der Waals surface area contributed by atoms with Crippen molar-refractivity contribution in [1.29, 1.82) is 0 Å². The minimum atomic E-state index is -0.0629. The molecule has 1 fully saturated rings. The number of rotatable bonds is 10. The molecule has 0 aliphatic carbocycles. The summed E-state index contributed by atoms with van der Waals surface area (Å²) in [5, 5.41) is 10.6. The molecule has 3 rings (SSSR count). The molecule has 2 unspecified atom stereocenters. The van der Waals surface area contributed by atoms with Gasteiger partial charge in [-0.1, -0.05) is 30.3 Å². The maximum absolute atomic E-state index is 11.9. The van der Waals surface area contributed by atoms with Gasteiger partial charge in [0.15, 0.2) is 0 Å². The van der Waals surface area contributed by atoms with Crippen LogP contribution in [0.1, 0.15) is 18.9 Å². The molecule has 0 saturated carbocycles. The molecule has 7 nitrogen and oxygen atoms in total. The van der Waals surface area contributed by atoms with Crippen molar-refractivity contribution in [3.05, 3.63) is 48.3 Å². The Morgan fingerprint density at radius 3 is 2.96 bits per heavy atom. The largest absolute Gasteiger partial charge is 0.383 e. The van der Waals surface area contributed by atoms with Crippen LogP contribution in [0.15, 0.2) is 42.7 Å². The van der Waals surface area contributed by atoms with Crippen molar-refractivity contribution in [3.63, 3.8) is 0 Å². The fourth-order valence-electron chi connectivity index (χ4n) is 3.66. The van der Waals surface area contributed by atoms with Gasteiger partial charge in [0.05, 0.1) is 18.5 Å². The Labute approximate surface area is 167 Å². The topological polar surface area (TPSA) is 71.4 Å². The Balaban J connectivity index is 1.43. The van der Waals surface area contributed by atoms with Gasteiger partial charge in [-0.15, -0.1) is 0 Å². The molecule has 1 aromatic carbocycles. The summed E-state index contributed by atoms with van der Waals surface area (Å²) in [4.78, 5) is 14.4. The van der Waals surface area contributed by atoms with E-state index >= 15 is 0 Å². The first-order chi connectivity index (χ1) is 13.6. The number of anilines is 1. The van der Waals surface area contributed by atoms with Gasteiger partial charge in [-0.2, -0.15) is 5.10 Å². The zero-order valence-corrected chi connectivity index (χ0v) is 16.8. The van der Waals surface area contributed by atoms with Crippen molar-refractivity contribution >= 4 is 11.6 Å². The lowest BCUT2D eigenvalue weighted by atomic mass is 10.0. The molecule has 7 heteroatoms. The van der Waals surface area contributed by atoms with Crippen LogP contribution >= 0.6 is 0 Å². The number of hydrogen-bond acceptors (Lipinski definition) is 5. The van der Waals surface area contributed by atoms with Gasteiger partial charge in [-0.3, -0.25) is 14.4 Å². The number of likely N-dealkylation sites (tertiary alicyclic amines) is 1. The van der Waals surface area contributed by atoms with Crippen molar-refractivity contribution < 1.29 is 9.53 Å². The highest BCUT2D eigenvalue weighted by Crippen LogP contribution is 2.23. The second kappa shape index (κ2) is 10.2. The van der Waals surface area contributed by atoms with Gasteiger partial charge in [0.2, 0.25) is 5.91 Å². The molecule has 2 atom stereocenters. The molecule has 1 saturated heterocycles. The maximum Gasteiger partial charge on any atom is 0.241 e. The predicted molar refractivity (Wildman–Crippen MR) is 110 cm³/mol. The zero-order valence-electron chi connectivity index (χ0n) is 16.8. The number of nitrogens with one attached hydrogen (secondary N) is 2. The number of benzene rings is 1. The van der Waals surface area contributed by atoms with Crippen LogP contribution in [0.25, 0.3) is 0 Å². The molecule has 2 heterocycles. The second-order valence-electron chi connectivity index (χ2n) is 7.47. The highest BCUT2D eigenvalue weighted by Gasteiger charge is 2.27. The van der Waals surface area contributed by atoms with E-state index in [4.69, 9.17) is 4.74 Å². The first kappa shape index (κ1) is 20.4. The summed E-state index contributed by atoms with van der Waals surface area (Å²) in [6, 6.07) is 11.0. The fraction of sp³-hybridized carbons (Fsp3) is 0.524. The third-order valence-corrected chi connectivity index (χ3v) is 5.23. The van der Waals surface area contributed by atoms with Crippen molar-refractivity contribution in [3.8, 4) is 0 Å². The predicted octanol–water partition coefficient (Wildman–Crippen LogP) is 1.97. The molecule has 2 N–H and O–H groups in total. The molecule has 1 aliphatic heterocycles. The van der Waals surface area contributed by atoms with Gasteiger partial charge in [0.25, 0.3) is 0 Å². The molecule has 152 valence electrons. The number of ether oxygens (including phenoxy) is 1. The molecule has 2 aromatic rings. The molecule has 1 aromatic heterocycles. The fourth-order valence-corrected chi connectivity index (χ4v) is 3.66. The average Bonchev–Trinajstić information content (AvgIpc) is 3.32. The number of methoxy groups -OCH3 is 1. The standard InChI is InChI=1S/C21H31N5O2/c1-17(19-8-10-25(14-19)13-18-6-4-3-5-7-18)24-20-12-23-26(15-20)16-21(27)22-9-11-28-2/h3-7,12,15,17,19,24H,8-11,13-14,16H2,1-2H3,(H,22,27). The quantitative estimate of drug-likeness (QED) is 0.612. The SMILES string of the molecule is COCCNC(=O)Cn1cc(NC(C)C2CCN(Cc3ccccc3)C2)cn1. The lowest BCUT2D eigenvalue weighted by molar-refractivity contribution is -0.122. The van der Waals surface area contributed by atoms with Crippen molar-refractivity contribution in [2.75, 3.05) is 38.7 Å². The van der Waals surface area contributed by atoms with Crippen LogP contribution in [0, 0.1) is 5.92 Å². The zero-order chi connectivity index (χ0) is 19.8. The van der Waals surface area contributed by atoms with E-state index in [0.29, 0.717) is 25.1 Å². The summed E-state index contributed by atoms with van der Waals surface area (Å²) in [5.74, 6) is 0.538. The van der Waals surface area contributed by atoms with Crippen molar-refractivity contribution in [2.24, 2.45) is 5.92 Å². The number of carbonyl (C=O) groups is 1. The van der Waals surface area contributed by atoms with Gasteiger partial charge >= 0.3 is 0 Å². The van der Waals surface area contributed by atoms with E-state index in [1.165, 1.54) is 12.0 Å². The summed E-state index contributed by atoms with van der Waals surface area (Å²) in [5.41, 5.74) is 2.33. The van der Waals surface area contributed by atoms with Crippen LogP contribution in [-0.4, -0.2) is 60.0 Å². The molecule has 0 bridgehead atoms. The van der Waals surface area contributed by atoms with E-state index in [0.717, 1.165) is 25.3 Å². The van der Waals surface area contributed by atoms with E-state index in [-0.39, 0.29) is 12.5 Å². The first-order valence-corrected chi connectivity index (χ1v) is 9.95. The van der Waals surface area contributed by atoms with Gasteiger partial charge in [0.1, 0.15) is 6.54 Å². The number of carbonyl (C=O) groups excluding carboxylic acids is 1. The van der Waals surface area contributed by atoms with Gasteiger partial charge < -0.3 is 15.4 Å². The Hall–Kier alpha value is -2.38. The Bertz CT molecular complexity index is 733. The van der Waals surface area contributed by atoms with Gasteiger partial charge in [-0.05, 0) is 31.4 Å². The minimum Gasteiger partial charge on any atom is -0.383 e. The van der Waals surface area contributed by atoms with Gasteiger partial charge in [0, 0.05) is 39.0 Å². The molecule has 0 radical (unpaired) electrons. The number of hydrogen-bond donors (Lipinski definition) is 2. The number of aromatic nitrogens is 2. The highest BCUT2D eigenvalue weighted by molar-refractivity contribution is 5.75. The number of amides is 1. The van der Waals surface area contributed by atoms with Gasteiger partial charge in [-0.25, -0.2) is 0 Å². The van der Waals surface area contributed by atoms with Crippen LogP contribution < -0.4 is 10.6 Å². The minimum absolute atomic E-state index is 0.0629. The van der Waals surface area contributed by atoms with E-state index in [9.17, 15) is 4.79 Å². The van der Waals surface area contributed by atoms with E-state index in [1.54, 1.807) is 18.0 Å². The second-order valence-corrected chi connectivity index (χ2v) is 7.47. The third-order valence-electron chi connectivity index (χ3n) is 5.23. The maximum atomic E-state index is 11.9. The summed E-state index contributed by atoms with van der Waals surface area (Å²) in [6.45, 7) is 6.71. The molecular weight excluding hydrogens is 354 g/mol.